The van der Waals surface area contributed by atoms with E-state index in [0.29, 0.717) is 18.8 Å². The van der Waals surface area contributed by atoms with Crippen LogP contribution in [0.5, 0.6) is 0 Å². The summed E-state index contributed by atoms with van der Waals surface area (Å²) in [4.78, 5) is 12.4. The van der Waals surface area contributed by atoms with E-state index in [1.807, 2.05) is 39.0 Å². The molecule has 2 aromatic carbocycles. The van der Waals surface area contributed by atoms with Crippen molar-refractivity contribution < 1.29 is 17.9 Å². The summed E-state index contributed by atoms with van der Waals surface area (Å²) in [6, 6.07) is 12.0. The Bertz CT molecular complexity index is 1000. The van der Waals surface area contributed by atoms with Crippen LogP contribution >= 0.6 is 15.9 Å². The van der Waals surface area contributed by atoms with Crippen molar-refractivity contribution in [3.8, 4) is 0 Å². The number of ether oxygens (including phenoxy) is 1. The summed E-state index contributed by atoms with van der Waals surface area (Å²) in [6.07, 6.45) is -0.282. The van der Waals surface area contributed by atoms with Gasteiger partial charge in [-0.3, -0.25) is 4.79 Å². The number of carbonyl (C=O) groups is 1. The van der Waals surface area contributed by atoms with E-state index in [2.05, 4.69) is 26.6 Å². The molecule has 1 aliphatic rings. The van der Waals surface area contributed by atoms with Crippen LogP contribution < -0.4 is 10.6 Å². The smallest absolute Gasteiger partial charge is 0.243 e. The van der Waals surface area contributed by atoms with Crippen LogP contribution in [0.2, 0.25) is 0 Å². The van der Waals surface area contributed by atoms with Crippen molar-refractivity contribution in [3.63, 3.8) is 0 Å². The first kappa shape index (κ1) is 22.7. The third-order valence-electron chi connectivity index (χ3n) is 4.77. The van der Waals surface area contributed by atoms with Crippen LogP contribution in [-0.4, -0.2) is 50.5 Å². The topological polar surface area (TPSA) is 87.7 Å². The third-order valence-corrected chi connectivity index (χ3v) is 7.51. The maximum atomic E-state index is 12.9. The quantitative estimate of drug-likeness (QED) is 0.638. The number of anilines is 2. The Kier molecular flexibility index (Phi) is 7.18. The normalized spacial score (nSPS) is 20.0. The van der Waals surface area contributed by atoms with Crippen molar-refractivity contribution in [2.24, 2.45) is 0 Å². The molecule has 1 heterocycles. The van der Waals surface area contributed by atoms with Gasteiger partial charge in [0.15, 0.2) is 0 Å². The molecular formula is C21H26BrN3O4S. The van der Waals surface area contributed by atoms with Gasteiger partial charge in [0.25, 0.3) is 0 Å². The highest BCUT2D eigenvalue weighted by Gasteiger charge is 2.32. The van der Waals surface area contributed by atoms with Gasteiger partial charge in [-0.15, -0.1) is 0 Å². The fourth-order valence-corrected chi connectivity index (χ4v) is 5.17. The Morgan fingerprint density at radius 1 is 1.10 bits per heavy atom. The zero-order valence-electron chi connectivity index (χ0n) is 17.2. The fourth-order valence-electron chi connectivity index (χ4n) is 3.33. The average molecular weight is 496 g/mol. The van der Waals surface area contributed by atoms with Gasteiger partial charge in [-0.2, -0.15) is 4.31 Å². The molecule has 0 saturated carbocycles. The zero-order chi connectivity index (χ0) is 21.9. The van der Waals surface area contributed by atoms with E-state index in [0.717, 1.165) is 15.7 Å². The second-order valence-corrected chi connectivity index (χ2v) is 10.3. The number of carbonyl (C=O) groups excluding carboxylic acids is 1. The molecule has 162 valence electrons. The maximum absolute atomic E-state index is 12.9. The number of sulfonamides is 1. The van der Waals surface area contributed by atoms with Crippen molar-refractivity contribution in [3.05, 3.63) is 52.5 Å². The monoisotopic (exact) mass is 495 g/mol. The number of hydrogen-bond donors (Lipinski definition) is 2. The minimum Gasteiger partial charge on any atom is -0.376 e. The lowest BCUT2D eigenvalue weighted by Gasteiger charge is -2.34. The lowest BCUT2D eigenvalue weighted by atomic mass is 10.2. The molecular weight excluding hydrogens is 470 g/mol. The van der Waals surface area contributed by atoms with Crippen LogP contribution in [0.15, 0.2) is 51.8 Å². The Labute approximate surface area is 186 Å². The molecule has 0 unspecified atom stereocenters. The molecule has 1 fully saturated rings. The van der Waals surface area contributed by atoms with E-state index in [9.17, 15) is 13.2 Å². The number of rotatable bonds is 6. The van der Waals surface area contributed by atoms with Crippen LogP contribution in [0.25, 0.3) is 0 Å². The summed E-state index contributed by atoms with van der Waals surface area (Å²) in [5, 5.41) is 5.84. The van der Waals surface area contributed by atoms with Crippen molar-refractivity contribution in [2.75, 3.05) is 30.3 Å². The van der Waals surface area contributed by atoms with Crippen molar-refractivity contribution >= 4 is 43.2 Å². The molecule has 7 nitrogen and oxygen atoms in total. The number of benzene rings is 2. The first-order valence-corrected chi connectivity index (χ1v) is 11.9. The number of nitrogens with zero attached hydrogens (tertiary/aromatic N) is 1. The Hall–Kier alpha value is -1.94. The van der Waals surface area contributed by atoms with E-state index < -0.39 is 10.0 Å². The van der Waals surface area contributed by atoms with E-state index in [-0.39, 0.29) is 29.6 Å². The van der Waals surface area contributed by atoms with E-state index >= 15 is 0 Å². The summed E-state index contributed by atoms with van der Waals surface area (Å²) in [6.45, 7) is 6.42. The molecule has 3 rings (SSSR count). The number of aryl methyl sites for hydroxylation is 1. The molecule has 0 aromatic heterocycles. The van der Waals surface area contributed by atoms with Crippen molar-refractivity contribution in [1.82, 2.24) is 4.31 Å². The molecule has 0 radical (unpaired) electrons. The predicted molar refractivity (Wildman–Crippen MR) is 121 cm³/mol. The molecule has 0 spiro atoms. The molecule has 2 atom stereocenters. The average Bonchev–Trinajstić information content (AvgIpc) is 2.69. The maximum Gasteiger partial charge on any atom is 0.243 e. The van der Waals surface area contributed by atoms with Crippen LogP contribution in [0.3, 0.4) is 0 Å². The Morgan fingerprint density at radius 3 is 2.30 bits per heavy atom. The number of halogens is 1. The zero-order valence-corrected chi connectivity index (χ0v) is 19.6. The molecule has 0 bridgehead atoms. The molecule has 1 aliphatic heterocycles. The van der Waals surface area contributed by atoms with Gasteiger partial charge in [0, 0.05) is 28.9 Å². The summed E-state index contributed by atoms with van der Waals surface area (Å²) in [7, 11) is -3.58. The van der Waals surface area contributed by atoms with Gasteiger partial charge >= 0.3 is 0 Å². The first-order chi connectivity index (χ1) is 14.1. The summed E-state index contributed by atoms with van der Waals surface area (Å²) in [5.41, 5.74) is 2.42. The van der Waals surface area contributed by atoms with Gasteiger partial charge in [0.1, 0.15) is 0 Å². The van der Waals surface area contributed by atoms with Gasteiger partial charge in [0.05, 0.1) is 23.6 Å². The minimum atomic E-state index is -3.58. The summed E-state index contributed by atoms with van der Waals surface area (Å²) < 4.78 is 33.8. The molecule has 2 N–H and O–H groups in total. The minimum absolute atomic E-state index is 0.0691. The van der Waals surface area contributed by atoms with Gasteiger partial charge in [-0.1, -0.05) is 15.9 Å². The van der Waals surface area contributed by atoms with Crippen LogP contribution in [0.4, 0.5) is 11.4 Å². The van der Waals surface area contributed by atoms with E-state index in [4.69, 9.17) is 4.74 Å². The number of hydrogen-bond acceptors (Lipinski definition) is 5. The largest absolute Gasteiger partial charge is 0.376 e. The standard InChI is InChI=1S/C21H26BrN3O4S/c1-14-10-18(6-9-20(14)22)24-21(26)11-23-17-4-7-19(8-5-17)30(27,28)25-12-15(2)29-16(3)13-25/h4-10,15-16,23H,11-13H2,1-3H3,(H,24,26)/t15-,16+. The lowest BCUT2D eigenvalue weighted by molar-refractivity contribution is -0.114. The highest BCUT2D eigenvalue weighted by molar-refractivity contribution is 9.10. The molecule has 9 heteroatoms. The number of morpholine rings is 1. The number of nitrogens with one attached hydrogen (secondary N) is 2. The molecule has 2 aromatic rings. The number of amides is 1. The van der Waals surface area contributed by atoms with Gasteiger partial charge in [0.2, 0.25) is 15.9 Å². The Morgan fingerprint density at radius 2 is 1.70 bits per heavy atom. The molecule has 1 amide bonds. The summed E-state index contributed by atoms with van der Waals surface area (Å²) >= 11 is 3.43. The van der Waals surface area contributed by atoms with E-state index in [1.165, 1.54) is 4.31 Å². The molecule has 0 aliphatic carbocycles. The van der Waals surface area contributed by atoms with Gasteiger partial charge < -0.3 is 15.4 Å². The third kappa shape index (κ3) is 5.60. The van der Waals surface area contributed by atoms with Gasteiger partial charge in [-0.25, -0.2) is 8.42 Å². The van der Waals surface area contributed by atoms with Crippen molar-refractivity contribution in [2.45, 2.75) is 37.9 Å². The SMILES string of the molecule is Cc1cc(NC(=O)CNc2ccc(S(=O)(=O)N3C[C@@H](C)O[C@@H](C)C3)cc2)ccc1Br. The highest BCUT2D eigenvalue weighted by Crippen LogP contribution is 2.23. The second kappa shape index (κ2) is 9.47. The van der Waals surface area contributed by atoms with Crippen LogP contribution in [0, 0.1) is 6.92 Å². The van der Waals surface area contributed by atoms with E-state index in [1.54, 1.807) is 24.3 Å². The first-order valence-electron chi connectivity index (χ1n) is 9.70. The molecule has 1 saturated heterocycles. The second-order valence-electron chi connectivity index (χ2n) is 7.47. The lowest BCUT2D eigenvalue weighted by Crippen LogP contribution is -2.48. The highest BCUT2D eigenvalue weighted by atomic mass is 79.9. The van der Waals surface area contributed by atoms with Crippen LogP contribution in [0.1, 0.15) is 19.4 Å². The Balaban J connectivity index is 1.58. The fraction of sp³-hybridized carbons (Fsp3) is 0.381. The molecule has 30 heavy (non-hydrogen) atoms. The summed E-state index contributed by atoms with van der Waals surface area (Å²) in [5.74, 6) is -0.190. The van der Waals surface area contributed by atoms with Crippen LogP contribution in [-0.2, 0) is 19.6 Å². The predicted octanol–water partition coefficient (Wildman–Crippen LogP) is 3.61. The van der Waals surface area contributed by atoms with Crippen molar-refractivity contribution in [1.29, 1.82) is 0 Å². The van der Waals surface area contributed by atoms with Gasteiger partial charge in [-0.05, 0) is 68.8 Å².